The molecule has 1 nitrogen and oxygen atoms in total. The first-order chi connectivity index (χ1) is 7.33. The van der Waals surface area contributed by atoms with Crippen molar-refractivity contribution in [2.75, 3.05) is 7.11 Å². The van der Waals surface area contributed by atoms with Gasteiger partial charge in [-0.3, -0.25) is 0 Å². The zero-order valence-electron chi connectivity index (χ0n) is 8.38. The molecule has 0 saturated carbocycles. The van der Waals surface area contributed by atoms with Gasteiger partial charge in [0.15, 0.2) is 0 Å². The summed E-state index contributed by atoms with van der Waals surface area (Å²) in [5.41, 5.74) is 1.37. The third kappa shape index (κ3) is 2.68. The fraction of sp³-hybridized carbons (Fsp3) is 0.364. The molecule has 1 heterocycles. The van der Waals surface area contributed by atoms with Crippen LogP contribution in [0.1, 0.15) is 17.2 Å². The number of hydrogen-bond donors (Lipinski definition) is 0. The minimum Gasteiger partial charge on any atom is -0.497 e. The lowest BCUT2D eigenvalue weighted by molar-refractivity contribution is 0.414. The molecule has 1 saturated heterocycles. The smallest absolute Gasteiger partial charge is 0.118 e. The fourth-order valence-electron chi connectivity index (χ4n) is 1.52. The predicted molar refractivity (Wildman–Crippen MR) is 73.0 cm³/mol. The van der Waals surface area contributed by atoms with Crippen molar-refractivity contribution >= 4 is 39.2 Å². The normalized spacial score (nSPS) is 25.1. The van der Waals surface area contributed by atoms with Crippen LogP contribution in [0.5, 0.6) is 5.75 Å². The highest BCUT2D eigenvalue weighted by Gasteiger charge is 2.25. The molecule has 0 N–H and O–H groups in total. The van der Waals surface area contributed by atoms with Gasteiger partial charge in [0.25, 0.3) is 0 Å². The molecule has 1 aromatic rings. The highest BCUT2D eigenvalue weighted by Crippen LogP contribution is 2.51. The number of thiocarbonyl (C=S) groups is 1. The van der Waals surface area contributed by atoms with E-state index in [-0.39, 0.29) is 0 Å². The van der Waals surface area contributed by atoms with Crippen molar-refractivity contribution in [2.45, 2.75) is 16.9 Å². The van der Waals surface area contributed by atoms with E-state index in [1.807, 2.05) is 39.1 Å². The molecule has 0 spiro atoms. The molecule has 1 fully saturated rings. The van der Waals surface area contributed by atoms with Gasteiger partial charge in [0.05, 0.1) is 7.11 Å². The van der Waals surface area contributed by atoms with Crippen LogP contribution in [0, 0.1) is 0 Å². The SMILES string of the molecule is COc1ccc(C2CC(C=S)SS2)cc1. The number of ether oxygens (including phenoxy) is 1. The third-order valence-electron chi connectivity index (χ3n) is 2.38. The number of benzene rings is 1. The monoisotopic (exact) mass is 256 g/mol. The molecule has 0 aliphatic carbocycles. The molecule has 2 atom stereocenters. The van der Waals surface area contributed by atoms with Gasteiger partial charge in [-0.1, -0.05) is 45.9 Å². The Morgan fingerprint density at radius 1 is 1.33 bits per heavy atom. The van der Waals surface area contributed by atoms with Crippen molar-refractivity contribution in [3.05, 3.63) is 29.8 Å². The minimum atomic E-state index is 0.525. The molecule has 80 valence electrons. The number of hydrogen-bond acceptors (Lipinski definition) is 4. The summed E-state index contributed by atoms with van der Waals surface area (Å²) in [7, 11) is 5.49. The minimum absolute atomic E-state index is 0.525. The van der Waals surface area contributed by atoms with Crippen LogP contribution in [0.2, 0.25) is 0 Å². The van der Waals surface area contributed by atoms with Crippen LogP contribution >= 0.6 is 33.8 Å². The molecule has 0 aromatic heterocycles. The maximum Gasteiger partial charge on any atom is 0.118 e. The second-order valence-corrected chi connectivity index (χ2v) is 6.35. The van der Waals surface area contributed by atoms with E-state index in [0.29, 0.717) is 10.5 Å². The Bertz CT molecular complexity index is 336. The molecule has 0 radical (unpaired) electrons. The Hall–Kier alpha value is -0.190. The molecule has 1 aliphatic heterocycles. The van der Waals surface area contributed by atoms with Gasteiger partial charge in [-0.25, -0.2) is 0 Å². The van der Waals surface area contributed by atoms with Gasteiger partial charge in [-0.05, 0) is 29.5 Å². The summed E-state index contributed by atoms with van der Waals surface area (Å²) in [4.78, 5) is 0. The van der Waals surface area contributed by atoms with E-state index in [9.17, 15) is 0 Å². The summed E-state index contributed by atoms with van der Waals surface area (Å²) in [5, 5.41) is 2.98. The lowest BCUT2D eigenvalue weighted by atomic mass is 10.1. The van der Waals surface area contributed by atoms with Gasteiger partial charge in [-0.15, -0.1) is 0 Å². The van der Waals surface area contributed by atoms with Crippen molar-refractivity contribution in [3.63, 3.8) is 0 Å². The Kier molecular flexibility index (Phi) is 3.94. The first kappa shape index (κ1) is 11.3. The van der Waals surface area contributed by atoms with Gasteiger partial charge in [-0.2, -0.15) is 0 Å². The highest BCUT2D eigenvalue weighted by atomic mass is 33.1. The van der Waals surface area contributed by atoms with E-state index >= 15 is 0 Å². The van der Waals surface area contributed by atoms with E-state index in [1.165, 1.54) is 5.56 Å². The topological polar surface area (TPSA) is 9.23 Å². The molecule has 4 heteroatoms. The summed E-state index contributed by atoms with van der Waals surface area (Å²) in [6.07, 6.45) is 1.14. The second kappa shape index (κ2) is 5.23. The Labute approximate surface area is 103 Å². The van der Waals surface area contributed by atoms with Crippen LogP contribution in [0.3, 0.4) is 0 Å². The molecular weight excluding hydrogens is 244 g/mol. The quantitative estimate of drug-likeness (QED) is 0.599. The van der Waals surface area contributed by atoms with Crippen molar-refractivity contribution in [3.8, 4) is 5.75 Å². The van der Waals surface area contributed by atoms with Crippen LogP contribution in [-0.4, -0.2) is 17.7 Å². The molecule has 15 heavy (non-hydrogen) atoms. The van der Waals surface area contributed by atoms with Crippen molar-refractivity contribution in [1.29, 1.82) is 0 Å². The summed E-state index contributed by atoms with van der Waals surface area (Å²) in [6.45, 7) is 0. The van der Waals surface area contributed by atoms with Gasteiger partial charge in [0, 0.05) is 10.5 Å². The van der Waals surface area contributed by atoms with Gasteiger partial charge in [0.1, 0.15) is 5.75 Å². The standard InChI is InChI=1S/C11H12OS3/c1-12-9-4-2-8(3-5-9)11-6-10(7-13)14-15-11/h2-5,7,10-11H,6H2,1H3. The summed E-state index contributed by atoms with van der Waals surface area (Å²) in [5.74, 6) is 0.917. The lowest BCUT2D eigenvalue weighted by Crippen LogP contribution is -1.99. The summed E-state index contributed by atoms with van der Waals surface area (Å²) in [6, 6.07) is 8.32. The predicted octanol–water partition coefficient (Wildman–Crippen LogP) is 3.89. The average molecular weight is 256 g/mol. The molecule has 0 amide bonds. The van der Waals surface area contributed by atoms with Crippen LogP contribution in [-0.2, 0) is 0 Å². The van der Waals surface area contributed by atoms with Crippen molar-refractivity contribution in [2.24, 2.45) is 0 Å². The molecule has 1 aromatic carbocycles. The van der Waals surface area contributed by atoms with Crippen LogP contribution in [0.15, 0.2) is 24.3 Å². The Morgan fingerprint density at radius 3 is 2.60 bits per heavy atom. The van der Waals surface area contributed by atoms with Gasteiger partial charge in [0.2, 0.25) is 0 Å². The zero-order valence-corrected chi connectivity index (χ0v) is 10.8. The fourth-order valence-corrected chi connectivity index (χ4v) is 5.08. The average Bonchev–Trinajstić information content (AvgIpc) is 2.78. The largest absolute Gasteiger partial charge is 0.497 e. The molecule has 2 unspecified atom stereocenters. The van der Waals surface area contributed by atoms with E-state index in [1.54, 1.807) is 7.11 Å². The first-order valence-corrected chi connectivity index (χ1v) is 7.49. The van der Waals surface area contributed by atoms with E-state index in [4.69, 9.17) is 17.0 Å². The van der Waals surface area contributed by atoms with Gasteiger partial charge < -0.3 is 4.74 Å². The second-order valence-electron chi connectivity index (χ2n) is 3.36. The van der Waals surface area contributed by atoms with E-state index < -0.39 is 0 Å². The maximum absolute atomic E-state index is 5.14. The van der Waals surface area contributed by atoms with Crippen LogP contribution < -0.4 is 4.74 Å². The number of methoxy groups -OCH3 is 1. The highest BCUT2D eigenvalue weighted by molar-refractivity contribution is 8.77. The van der Waals surface area contributed by atoms with Gasteiger partial charge >= 0.3 is 0 Å². The summed E-state index contributed by atoms with van der Waals surface area (Å²) < 4.78 is 5.14. The van der Waals surface area contributed by atoms with Crippen molar-refractivity contribution in [1.82, 2.24) is 0 Å². The molecule has 1 aliphatic rings. The Morgan fingerprint density at radius 2 is 2.07 bits per heavy atom. The van der Waals surface area contributed by atoms with E-state index in [2.05, 4.69) is 12.1 Å². The first-order valence-electron chi connectivity index (χ1n) is 4.75. The molecule has 0 bridgehead atoms. The molecular formula is C11H12OS3. The van der Waals surface area contributed by atoms with Crippen LogP contribution in [0.25, 0.3) is 0 Å². The number of rotatable bonds is 3. The summed E-state index contributed by atoms with van der Waals surface area (Å²) >= 11 is 4.98. The lowest BCUT2D eigenvalue weighted by Gasteiger charge is -2.08. The zero-order chi connectivity index (χ0) is 10.7. The van der Waals surface area contributed by atoms with E-state index in [0.717, 1.165) is 12.2 Å². The third-order valence-corrected chi connectivity index (χ3v) is 6.04. The van der Waals surface area contributed by atoms with Crippen molar-refractivity contribution < 1.29 is 4.74 Å². The molecule has 2 rings (SSSR count). The maximum atomic E-state index is 5.14. The van der Waals surface area contributed by atoms with Crippen LogP contribution in [0.4, 0.5) is 0 Å². The Balaban J connectivity index is 2.07.